The minimum atomic E-state index is -0.132. The Labute approximate surface area is 176 Å². The smallest absolute Gasteiger partial charge is 0.257 e. The molecule has 0 atom stereocenters. The molecule has 1 aromatic carbocycles. The molecule has 1 N–H and O–H groups in total. The first-order valence-corrected chi connectivity index (χ1v) is 11.4. The number of rotatable bonds is 3. The Balaban J connectivity index is 1.67. The molecule has 2 heterocycles. The number of piperazine rings is 1. The van der Waals surface area contributed by atoms with Crippen LogP contribution in [-0.2, 0) is 12.8 Å². The van der Waals surface area contributed by atoms with Crippen LogP contribution < -0.4 is 5.32 Å². The SMILES string of the molecule is Cc1ccccc1C(=O)Nc1sc2c(c1C(=O)N1CCN(C)CC1)CCCCC2. The van der Waals surface area contributed by atoms with E-state index in [0.717, 1.165) is 68.0 Å². The summed E-state index contributed by atoms with van der Waals surface area (Å²) in [4.78, 5) is 32.0. The van der Waals surface area contributed by atoms with E-state index in [1.54, 1.807) is 11.3 Å². The molecule has 0 radical (unpaired) electrons. The van der Waals surface area contributed by atoms with Gasteiger partial charge >= 0.3 is 0 Å². The molecular weight excluding hydrogens is 382 g/mol. The number of fused-ring (bicyclic) bond motifs is 1. The number of nitrogens with zero attached hydrogens (tertiary/aromatic N) is 2. The van der Waals surface area contributed by atoms with Crippen molar-refractivity contribution in [3.05, 3.63) is 51.4 Å². The molecule has 1 saturated heterocycles. The molecule has 0 unspecified atom stereocenters. The predicted molar refractivity (Wildman–Crippen MR) is 118 cm³/mol. The third kappa shape index (κ3) is 4.23. The van der Waals surface area contributed by atoms with Gasteiger partial charge in [0.2, 0.25) is 0 Å². The normalized spacial score (nSPS) is 17.5. The predicted octanol–water partition coefficient (Wildman–Crippen LogP) is 3.97. The number of anilines is 1. The van der Waals surface area contributed by atoms with Crippen LogP contribution in [0.15, 0.2) is 24.3 Å². The largest absolute Gasteiger partial charge is 0.336 e. The van der Waals surface area contributed by atoms with Crippen LogP contribution >= 0.6 is 11.3 Å². The van der Waals surface area contributed by atoms with E-state index < -0.39 is 0 Å². The van der Waals surface area contributed by atoms with Gasteiger partial charge in [-0.05, 0) is 56.8 Å². The maximum absolute atomic E-state index is 13.5. The van der Waals surface area contributed by atoms with Gasteiger partial charge in [-0.25, -0.2) is 0 Å². The minimum absolute atomic E-state index is 0.0811. The van der Waals surface area contributed by atoms with E-state index in [-0.39, 0.29) is 11.8 Å². The molecule has 1 aromatic heterocycles. The van der Waals surface area contributed by atoms with Crippen molar-refractivity contribution in [1.82, 2.24) is 9.80 Å². The minimum Gasteiger partial charge on any atom is -0.336 e. The Morgan fingerprint density at radius 3 is 2.48 bits per heavy atom. The van der Waals surface area contributed by atoms with Crippen molar-refractivity contribution in [1.29, 1.82) is 0 Å². The number of nitrogens with one attached hydrogen (secondary N) is 1. The van der Waals surface area contributed by atoms with Crippen molar-refractivity contribution >= 4 is 28.2 Å². The van der Waals surface area contributed by atoms with Gasteiger partial charge in [0.15, 0.2) is 0 Å². The van der Waals surface area contributed by atoms with Crippen LogP contribution in [0.3, 0.4) is 0 Å². The fourth-order valence-corrected chi connectivity index (χ4v) is 5.50. The monoisotopic (exact) mass is 411 g/mol. The Morgan fingerprint density at radius 2 is 1.72 bits per heavy atom. The molecular formula is C23H29N3O2S. The van der Waals surface area contributed by atoms with Crippen LogP contribution in [0.5, 0.6) is 0 Å². The Bertz CT molecular complexity index is 913. The summed E-state index contributed by atoms with van der Waals surface area (Å²) >= 11 is 1.61. The van der Waals surface area contributed by atoms with E-state index in [9.17, 15) is 9.59 Å². The molecule has 2 amide bonds. The molecule has 1 fully saturated rings. The number of hydrogen-bond donors (Lipinski definition) is 1. The number of likely N-dealkylation sites (N-methyl/N-ethyl adjacent to an activating group) is 1. The van der Waals surface area contributed by atoms with E-state index in [1.165, 1.54) is 16.9 Å². The van der Waals surface area contributed by atoms with Gasteiger partial charge in [0.25, 0.3) is 11.8 Å². The van der Waals surface area contributed by atoms with E-state index in [2.05, 4.69) is 17.3 Å². The summed E-state index contributed by atoms with van der Waals surface area (Å²) in [6.07, 6.45) is 5.40. The maximum Gasteiger partial charge on any atom is 0.257 e. The lowest BCUT2D eigenvalue weighted by Crippen LogP contribution is -2.47. The zero-order valence-electron chi connectivity index (χ0n) is 17.3. The van der Waals surface area contributed by atoms with Gasteiger partial charge in [-0.3, -0.25) is 9.59 Å². The fourth-order valence-electron chi connectivity index (χ4n) is 4.22. The average molecular weight is 412 g/mol. The average Bonchev–Trinajstić information content (AvgIpc) is 2.88. The van der Waals surface area contributed by atoms with Crippen LogP contribution in [0.1, 0.15) is 56.0 Å². The number of aryl methyl sites for hydroxylation is 2. The van der Waals surface area contributed by atoms with Gasteiger partial charge in [0.1, 0.15) is 5.00 Å². The highest BCUT2D eigenvalue weighted by Gasteiger charge is 2.30. The highest BCUT2D eigenvalue weighted by Crippen LogP contribution is 2.38. The molecule has 1 aliphatic heterocycles. The Morgan fingerprint density at radius 1 is 1.00 bits per heavy atom. The molecule has 4 rings (SSSR count). The number of amides is 2. The molecule has 29 heavy (non-hydrogen) atoms. The third-order valence-electron chi connectivity index (χ3n) is 6.04. The molecule has 1 aliphatic carbocycles. The summed E-state index contributed by atoms with van der Waals surface area (Å²) in [7, 11) is 2.09. The summed E-state index contributed by atoms with van der Waals surface area (Å²) in [6, 6.07) is 7.59. The molecule has 5 nitrogen and oxygen atoms in total. The zero-order valence-corrected chi connectivity index (χ0v) is 18.1. The summed E-state index contributed by atoms with van der Waals surface area (Å²) in [6.45, 7) is 5.21. The third-order valence-corrected chi connectivity index (χ3v) is 7.25. The van der Waals surface area contributed by atoms with Crippen LogP contribution in [-0.4, -0.2) is 54.8 Å². The van der Waals surface area contributed by atoms with Crippen LogP contribution in [0.4, 0.5) is 5.00 Å². The number of carbonyl (C=O) groups excluding carboxylic acids is 2. The quantitative estimate of drug-likeness (QED) is 0.778. The highest BCUT2D eigenvalue weighted by atomic mass is 32.1. The lowest BCUT2D eigenvalue weighted by molar-refractivity contribution is 0.0664. The lowest BCUT2D eigenvalue weighted by Gasteiger charge is -2.32. The summed E-state index contributed by atoms with van der Waals surface area (Å²) in [5, 5.41) is 3.83. The number of thiophene rings is 1. The number of carbonyl (C=O) groups is 2. The van der Waals surface area contributed by atoms with Crippen LogP contribution in [0.25, 0.3) is 0 Å². The first-order chi connectivity index (χ1) is 14.0. The van der Waals surface area contributed by atoms with Crippen LogP contribution in [0.2, 0.25) is 0 Å². The molecule has 0 spiro atoms. The van der Waals surface area contributed by atoms with Gasteiger partial charge in [0, 0.05) is 36.6 Å². The molecule has 0 saturated carbocycles. The van der Waals surface area contributed by atoms with Gasteiger partial charge < -0.3 is 15.1 Å². The summed E-state index contributed by atoms with van der Waals surface area (Å²) < 4.78 is 0. The zero-order chi connectivity index (χ0) is 20.4. The Hall–Kier alpha value is -2.18. The number of hydrogen-bond acceptors (Lipinski definition) is 4. The van der Waals surface area contributed by atoms with E-state index in [1.807, 2.05) is 36.1 Å². The van der Waals surface area contributed by atoms with E-state index in [0.29, 0.717) is 5.56 Å². The second-order valence-corrected chi connectivity index (χ2v) is 9.24. The lowest BCUT2D eigenvalue weighted by atomic mass is 10.0. The van der Waals surface area contributed by atoms with E-state index >= 15 is 0 Å². The summed E-state index contributed by atoms with van der Waals surface area (Å²) in [5.41, 5.74) is 3.53. The van der Waals surface area contributed by atoms with E-state index in [4.69, 9.17) is 0 Å². The van der Waals surface area contributed by atoms with Crippen molar-refractivity contribution in [2.45, 2.75) is 39.0 Å². The topological polar surface area (TPSA) is 52.7 Å². The van der Waals surface area contributed by atoms with Crippen molar-refractivity contribution < 1.29 is 9.59 Å². The molecule has 2 aliphatic rings. The molecule has 2 aromatic rings. The number of benzene rings is 1. The second kappa shape index (κ2) is 8.67. The van der Waals surface area contributed by atoms with Crippen molar-refractivity contribution in [3.63, 3.8) is 0 Å². The van der Waals surface area contributed by atoms with Crippen LogP contribution in [0, 0.1) is 6.92 Å². The van der Waals surface area contributed by atoms with Crippen molar-refractivity contribution in [2.24, 2.45) is 0 Å². The van der Waals surface area contributed by atoms with Gasteiger partial charge in [-0.15, -0.1) is 11.3 Å². The maximum atomic E-state index is 13.5. The first-order valence-electron chi connectivity index (χ1n) is 10.5. The van der Waals surface area contributed by atoms with Gasteiger partial charge in [-0.2, -0.15) is 0 Å². The first kappa shape index (κ1) is 20.1. The second-order valence-electron chi connectivity index (χ2n) is 8.13. The molecule has 154 valence electrons. The fraction of sp³-hybridized carbons (Fsp3) is 0.478. The van der Waals surface area contributed by atoms with Crippen molar-refractivity contribution in [3.8, 4) is 0 Å². The van der Waals surface area contributed by atoms with Gasteiger partial charge in [0.05, 0.1) is 5.56 Å². The highest BCUT2D eigenvalue weighted by molar-refractivity contribution is 7.17. The summed E-state index contributed by atoms with van der Waals surface area (Å²) in [5.74, 6) is -0.0514. The standard InChI is InChI=1S/C23H29N3O2S/c1-16-8-6-7-9-17(16)21(27)24-22-20(18-10-4-3-5-11-19(18)29-22)23(28)26-14-12-25(2)13-15-26/h6-9H,3-5,10-15H2,1-2H3,(H,24,27). The van der Waals surface area contributed by atoms with Gasteiger partial charge in [-0.1, -0.05) is 24.6 Å². The molecule has 6 heteroatoms. The Kier molecular flexibility index (Phi) is 6.01. The molecule has 0 bridgehead atoms. The van der Waals surface area contributed by atoms with Crippen molar-refractivity contribution in [2.75, 3.05) is 38.5 Å².